The van der Waals surface area contributed by atoms with Crippen LogP contribution in [0.5, 0.6) is 0 Å². The zero-order chi connectivity index (χ0) is 17.1. The van der Waals surface area contributed by atoms with E-state index in [9.17, 15) is 9.90 Å². The fourth-order valence-corrected chi connectivity index (χ4v) is 7.34. The van der Waals surface area contributed by atoms with Crippen molar-refractivity contribution < 1.29 is 9.90 Å². The second-order valence-electron chi connectivity index (χ2n) is 8.95. The third-order valence-electron chi connectivity index (χ3n) is 8.36. The van der Waals surface area contributed by atoms with Crippen molar-refractivity contribution in [3.05, 3.63) is 23.8 Å². The van der Waals surface area contributed by atoms with Crippen LogP contribution in [-0.4, -0.2) is 16.5 Å². The van der Waals surface area contributed by atoms with E-state index in [0.29, 0.717) is 30.1 Å². The number of carbonyl (C=O) groups is 1. The Morgan fingerprint density at radius 2 is 2.17 bits per heavy atom. The Bertz CT molecular complexity index is 603. The van der Waals surface area contributed by atoms with E-state index in [1.165, 1.54) is 37.7 Å². The van der Waals surface area contributed by atoms with Gasteiger partial charge in [0, 0.05) is 5.41 Å². The van der Waals surface area contributed by atoms with E-state index < -0.39 is 5.60 Å². The summed E-state index contributed by atoms with van der Waals surface area (Å²) in [6, 6.07) is 0. The molecule has 0 aromatic heterocycles. The standard InChI is InChI=1S/C22H32O2/c1-4-21-13-14(2)20-17-8-6-5-7-16(17)9-10-18(20)19(21)11-12-22(21,24)15(3)23/h7,17-20,24H,2,4-6,8-13H2,1,3H3/t17-,18-,19-,20+,21-,22-/m0/s1. The molecule has 4 rings (SSSR count). The lowest BCUT2D eigenvalue weighted by Gasteiger charge is -2.57. The molecule has 2 nitrogen and oxygen atoms in total. The fourth-order valence-electron chi connectivity index (χ4n) is 7.34. The summed E-state index contributed by atoms with van der Waals surface area (Å²) in [5, 5.41) is 11.4. The average molecular weight is 328 g/mol. The maximum Gasteiger partial charge on any atom is 0.161 e. The molecular weight excluding hydrogens is 296 g/mol. The predicted molar refractivity (Wildman–Crippen MR) is 96.5 cm³/mol. The SMILES string of the molecule is C=C1C[C@@]2(CC)[C@@H](CC[C@]2(O)C(C)=O)[C@@H]2CCC3=CCCC[C@@H]3[C@@H]12. The summed E-state index contributed by atoms with van der Waals surface area (Å²) in [7, 11) is 0. The maximum atomic E-state index is 12.4. The highest BCUT2D eigenvalue weighted by Gasteiger charge is 2.66. The minimum atomic E-state index is -1.12. The van der Waals surface area contributed by atoms with E-state index in [-0.39, 0.29) is 11.2 Å². The fraction of sp³-hybridized carbons (Fsp3) is 0.773. The molecule has 4 aliphatic rings. The average Bonchev–Trinajstić information content (AvgIpc) is 2.89. The summed E-state index contributed by atoms with van der Waals surface area (Å²) >= 11 is 0. The monoisotopic (exact) mass is 328 g/mol. The number of rotatable bonds is 2. The summed E-state index contributed by atoms with van der Waals surface area (Å²) in [4.78, 5) is 12.4. The molecule has 0 heterocycles. The van der Waals surface area contributed by atoms with E-state index >= 15 is 0 Å². The molecule has 0 bridgehead atoms. The molecule has 2 heteroatoms. The van der Waals surface area contributed by atoms with Crippen LogP contribution < -0.4 is 0 Å². The number of hydrogen-bond donors (Lipinski definition) is 1. The summed E-state index contributed by atoms with van der Waals surface area (Å²) in [5.41, 5.74) is 1.64. The van der Waals surface area contributed by atoms with Crippen LogP contribution in [0, 0.1) is 29.1 Å². The van der Waals surface area contributed by atoms with Gasteiger partial charge in [-0.1, -0.05) is 30.7 Å². The molecule has 3 fully saturated rings. The molecule has 0 aromatic rings. The Morgan fingerprint density at radius 3 is 2.88 bits per heavy atom. The van der Waals surface area contributed by atoms with Crippen LogP contribution >= 0.6 is 0 Å². The van der Waals surface area contributed by atoms with Crippen LogP contribution in [-0.2, 0) is 4.79 Å². The predicted octanol–water partition coefficient (Wildman–Crippen LogP) is 4.83. The highest BCUT2D eigenvalue weighted by atomic mass is 16.3. The van der Waals surface area contributed by atoms with E-state index in [2.05, 4.69) is 19.6 Å². The van der Waals surface area contributed by atoms with Gasteiger partial charge in [-0.2, -0.15) is 0 Å². The second-order valence-corrected chi connectivity index (χ2v) is 8.95. The number of aliphatic hydroxyl groups is 1. The molecule has 132 valence electrons. The Kier molecular flexibility index (Phi) is 3.84. The first-order valence-electron chi connectivity index (χ1n) is 10.0. The lowest BCUT2D eigenvalue weighted by atomic mass is 9.48. The number of ketones is 1. The quantitative estimate of drug-likeness (QED) is 0.738. The number of carbonyl (C=O) groups excluding carboxylic acids is 1. The van der Waals surface area contributed by atoms with E-state index in [0.717, 1.165) is 19.3 Å². The van der Waals surface area contributed by atoms with Crippen LogP contribution in [0.3, 0.4) is 0 Å². The van der Waals surface area contributed by atoms with Gasteiger partial charge < -0.3 is 5.11 Å². The molecule has 0 aliphatic heterocycles. The van der Waals surface area contributed by atoms with Gasteiger partial charge in [-0.25, -0.2) is 0 Å². The van der Waals surface area contributed by atoms with Crippen molar-refractivity contribution in [2.24, 2.45) is 29.1 Å². The third-order valence-corrected chi connectivity index (χ3v) is 8.36. The van der Waals surface area contributed by atoms with Crippen LogP contribution in [0.15, 0.2) is 23.8 Å². The second kappa shape index (κ2) is 5.56. The molecule has 0 radical (unpaired) electrons. The molecule has 0 saturated heterocycles. The van der Waals surface area contributed by atoms with Gasteiger partial charge in [-0.15, -0.1) is 0 Å². The van der Waals surface area contributed by atoms with Gasteiger partial charge in [-0.05, 0) is 88.4 Å². The van der Waals surface area contributed by atoms with Crippen molar-refractivity contribution in [2.75, 3.05) is 0 Å². The first kappa shape index (κ1) is 16.6. The summed E-state index contributed by atoms with van der Waals surface area (Å²) < 4.78 is 0. The number of Topliss-reactive ketones (excluding diaryl/α,β-unsaturated/α-hetero) is 1. The molecule has 1 N–H and O–H groups in total. The van der Waals surface area contributed by atoms with E-state index in [4.69, 9.17) is 0 Å². The topological polar surface area (TPSA) is 37.3 Å². The third kappa shape index (κ3) is 1.95. The minimum absolute atomic E-state index is 0.0211. The number of fused-ring (bicyclic) bond motifs is 5. The molecular formula is C22H32O2. The van der Waals surface area contributed by atoms with E-state index in [1.807, 2.05) is 0 Å². The normalized spacial score (nSPS) is 47.5. The van der Waals surface area contributed by atoms with Crippen LogP contribution in [0.1, 0.15) is 71.6 Å². The molecule has 0 amide bonds. The first-order chi connectivity index (χ1) is 11.4. The van der Waals surface area contributed by atoms with Gasteiger partial charge in [0.15, 0.2) is 5.78 Å². The van der Waals surface area contributed by atoms with Crippen LogP contribution in [0.2, 0.25) is 0 Å². The molecule has 3 saturated carbocycles. The van der Waals surface area contributed by atoms with Gasteiger partial charge in [0.25, 0.3) is 0 Å². The number of allylic oxidation sites excluding steroid dienone is 3. The lowest BCUT2D eigenvalue weighted by Crippen LogP contribution is -2.57. The molecule has 0 aromatic carbocycles. The zero-order valence-corrected chi connectivity index (χ0v) is 15.3. The molecule has 6 atom stereocenters. The molecule has 24 heavy (non-hydrogen) atoms. The van der Waals surface area contributed by atoms with Gasteiger partial charge in [-0.3, -0.25) is 4.79 Å². The smallest absolute Gasteiger partial charge is 0.161 e. The highest BCUT2D eigenvalue weighted by molar-refractivity contribution is 5.86. The van der Waals surface area contributed by atoms with E-state index in [1.54, 1.807) is 12.5 Å². The minimum Gasteiger partial charge on any atom is -0.381 e. The van der Waals surface area contributed by atoms with Crippen molar-refractivity contribution in [1.29, 1.82) is 0 Å². The Morgan fingerprint density at radius 1 is 1.38 bits per heavy atom. The van der Waals surface area contributed by atoms with Crippen molar-refractivity contribution in [3.63, 3.8) is 0 Å². The van der Waals surface area contributed by atoms with Crippen molar-refractivity contribution >= 4 is 5.78 Å². The van der Waals surface area contributed by atoms with Crippen LogP contribution in [0.4, 0.5) is 0 Å². The van der Waals surface area contributed by atoms with Gasteiger partial charge >= 0.3 is 0 Å². The Balaban J connectivity index is 1.75. The summed E-state index contributed by atoms with van der Waals surface area (Å²) in [5.74, 6) is 2.40. The summed E-state index contributed by atoms with van der Waals surface area (Å²) in [6.45, 7) is 8.29. The van der Waals surface area contributed by atoms with Gasteiger partial charge in [0.05, 0.1) is 0 Å². The number of hydrogen-bond acceptors (Lipinski definition) is 2. The first-order valence-corrected chi connectivity index (χ1v) is 10.0. The van der Waals surface area contributed by atoms with Gasteiger partial charge in [0.2, 0.25) is 0 Å². The largest absolute Gasteiger partial charge is 0.381 e. The van der Waals surface area contributed by atoms with Crippen molar-refractivity contribution in [2.45, 2.75) is 77.2 Å². The van der Waals surface area contributed by atoms with Gasteiger partial charge in [0.1, 0.15) is 5.60 Å². The Labute approximate surface area is 146 Å². The van der Waals surface area contributed by atoms with Crippen molar-refractivity contribution in [1.82, 2.24) is 0 Å². The molecule has 0 spiro atoms. The van der Waals surface area contributed by atoms with Crippen LogP contribution in [0.25, 0.3) is 0 Å². The van der Waals surface area contributed by atoms with Crippen molar-refractivity contribution in [3.8, 4) is 0 Å². The summed E-state index contributed by atoms with van der Waals surface area (Å²) in [6.07, 6.45) is 12.3. The molecule has 0 unspecified atom stereocenters. The lowest BCUT2D eigenvalue weighted by molar-refractivity contribution is -0.157. The zero-order valence-electron chi connectivity index (χ0n) is 15.3. The maximum absolute atomic E-state index is 12.4. The highest BCUT2D eigenvalue weighted by Crippen LogP contribution is 2.67. The Hall–Kier alpha value is -0.890. The molecule has 4 aliphatic carbocycles.